The van der Waals surface area contributed by atoms with Crippen LogP contribution in [-0.2, 0) is 11.3 Å². The van der Waals surface area contributed by atoms with Crippen molar-refractivity contribution >= 4 is 17.5 Å². The van der Waals surface area contributed by atoms with Crippen molar-refractivity contribution in [1.29, 1.82) is 0 Å². The van der Waals surface area contributed by atoms with E-state index < -0.39 is 5.91 Å². The number of nitrogens with two attached hydrogens (primary N) is 2. The highest BCUT2D eigenvalue weighted by atomic mass is 35.5. The van der Waals surface area contributed by atoms with Crippen molar-refractivity contribution < 1.29 is 4.79 Å². The van der Waals surface area contributed by atoms with E-state index in [4.69, 9.17) is 23.1 Å². The molecule has 1 aliphatic heterocycles. The van der Waals surface area contributed by atoms with Gasteiger partial charge in [-0.2, -0.15) is 0 Å². The predicted molar refractivity (Wildman–Crippen MR) is 63.7 cm³/mol. The molecule has 0 unspecified atom stereocenters. The van der Waals surface area contributed by atoms with E-state index in [-0.39, 0.29) is 11.5 Å². The Balaban J connectivity index is 2.17. The van der Waals surface area contributed by atoms with E-state index in [1.807, 2.05) is 18.2 Å². The summed E-state index contributed by atoms with van der Waals surface area (Å²) in [4.78, 5) is 11.0. The highest BCUT2D eigenvalue weighted by molar-refractivity contribution is 6.31. The van der Waals surface area contributed by atoms with Crippen LogP contribution in [0.25, 0.3) is 0 Å². The maximum absolute atomic E-state index is 11.0. The second-order valence-corrected chi connectivity index (χ2v) is 3.95. The Morgan fingerprint density at radius 1 is 1.41 bits per heavy atom. The molecule has 1 aromatic carbocycles. The van der Waals surface area contributed by atoms with Gasteiger partial charge in [0.15, 0.2) is 5.70 Å². The summed E-state index contributed by atoms with van der Waals surface area (Å²) in [6, 6.07) is 7.38. The minimum absolute atomic E-state index is 0.150. The third-order valence-electron chi connectivity index (χ3n) is 2.40. The van der Waals surface area contributed by atoms with Crippen LogP contribution in [-0.4, -0.2) is 10.9 Å². The third-order valence-corrected chi connectivity index (χ3v) is 2.76. The maximum Gasteiger partial charge on any atom is 0.270 e. The fourth-order valence-electron chi connectivity index (χ4n) is 1.49. The number of hydrogen-bond acceptors (Lipinski definition) is 5. The Hall–Kier alpha value is -1.92. The molecule has 1 heterocycles. The van der Waals surface area contributed by atoms with E-state index in [0.717, 1.165) is 5.56 Å². The molecule has 1 amide bonds. The van der Waals surface area contributed by atoms with Gasteiger partial charge < -0.3 is 11.5 Å². The molecular weight excluding hydrogens is 242 g/mol. The molecule has 0 saturated heterocycles. The standard InChI is InChI=1S/C10H12ClN5O/c11-7-4-2-1-3-6(7)5-16-9(12)8(10(13)17)14-15-16/h1-4,14-15H,5,12H2,(H2,13,17). The monoisotopic (exact) mass is 253 g/mol. The summed E-state index contributed by atoms with van der Waals surface area (Å²) in [5, 5.41) is 2.19. The van der Waals surface area contributed by atoms with Crippen LogP contribution < -0.4 is 22.4 Å². The first-order chi connectivity index (χ1) is 8.09. The minimum Gasteiger partial charge on any atom is -0.382 e. The summed E-state index contributed by atoms with van der Waals surface area (Å²) in [5.74, 6) is -0.367. The summed E-state index contributed by atoms with van der Waals surface area (Å²) in [7, 11) is 0. The fourth-order valence-corrected chi connectivity index (χ4v) is 1.69. The SMILES string of the molecule is NC(=O)C1=C(N)N(Cc2ccccc2Cl)NN1. The molecule has 1 aromatic rings. The van der Waals surface area contributed by atoms with E-state index in [2.05, 4.69) is 11.0 Å². The number of hydrogen-bond donors (Lipinski definition) is 4. The zero-order chi connectivity index (χ0) is 12.4. The number of primary amides is 1. The van der Waals surface area contributed by atoms with Gasteiger partial charge in [0.2, 0.25) is 0 Å². The molecule has 0 aromatic heterocycles. The van der Waals surface area contributed by atoms with Crippen molar-refractivity contribution in [3.8, 4) is 0 Å². The van der Waals surface area contributed by atoms with E-state index in [0.29, 0.717) is 11.6 Å². The zero-order valence-corrected chi connectivity index (χ0v) is 9.66. The number of nitrogens with zero attached hydrogens (tertiary/aromatic N) is 1. The molecule has 90 valence electrons. The second-order valence-electron chi connectivity index (χ2n) is 3.54. The molecule has 0 spiro atoms. The summed E-state index contributed by atoms with van der Waals surface area (Å²) < 4.78 is 0. The number of carbonyl (C=O) groups is 1. The molecule has 7 heteroatoms. The summed E-state index contributed by atoms with van der Waals surface area (Å²) in [5.41, 5.74) is 17.3. The van der Waals surface area contributed by atoms with Crippen molar-refractivity contribution in [2.45, 2.75) is 6.54 Å². The van der Waals surface area contributed by atoms with Crippen molar-refractivity contribution in [3.05, 3.63) is 46.4 Å². The van der Waals surface area contributed by atoms with E-state index >= 15 is 0 Å². The van der Waals surface area contributed by atoms with Crippen LogP contribution in [0.2, 0.25) is 5.02 Å². The minimum atomic E-state index is -0.614. The first kappa shape index (κ1) is 11.6. The first-order valence-electron chi connectivity index (χ1n) is 4.91. The molecule has 6 N–H and O–H groups in total. The third kappa shape index (κ3) is 2.27. The Morgan fingerprint density at radius 3 is 2.71 bits per heavy atom. The molecule has 0 radical (unpaired) electrons. The normalized spacial score (nSPS) is 15.0. The van der Waals surface area contributed by atoms with Crippen LogP contribution in [0.3, 0.4) is 0 Å². The van der Waals surface area contributed by atoms with Gasteiger partial charge in [-0.1, -0.05) is 29.8 Å². The van der Waals surface area contributed by atoms with Gasteiger partial charge in [-0.15, -0.1) is 5.53 Å². The molecule has 0 aliphatic carbocycles. The maximum atomic E-state index is 11.0. The molecule has 0 fully saturated rings. The molecule has 1 aliphatic rings. The van der Waals surface area contributed by atoms with Gasteiger partial charge in [-0.25, -0.2) is 0 Å². The van der Waals surface area contributed by atoms with Crippen LogP contribution in [0.15, 0.2) is 35.8 Å². The fraction of sp³-hybridized carbons (Fsp3) is 0.100. The average Bonchev–Trinajstić information content (AvgIpc) is 2.64. The number of carbonyl (C=O) groups excluding carboxylic acids is 1. The Morgan fingerprint density at radius 2 is 2.12 bits per heavy atom. The summed E-state index contributed by atoms with van der Waals surface area (Å²) in [6.45, 7) is 0.426. The average molecular weight is 254 g/mol. The summed E-state index contributed by atoms with van der Waals surface area (Å²) in [6.07, 6.45) is 0. The predicted octanol–water partition coefficient (Wildman–Crippen LogP) is -0.222. The van der Waals surface area contributed by atoms with Crippen LogP contribution in [0, 0.1) is 0 Å². The summed E-state index contributed by atoms with van der Waals surface area (Å²) >= 11 is 6.03. The lowest BCUT2D eigenvalue weighted by atomic mass is 10.2. The number of benzene rings is 1. The smallest absolute Gasteiger partial charge is 0.270 e. The van der Waals surface area contributed by atoms with Gasteiger partial charge in [0.05, 0.1) is 6.54 Å². The van der Waals surface area contributed by atoms with Crippen LogP contribution in [0.4, 0.5) is 0 Å². The topological polar surface area (TPSA) is 96.4 Å². The number of amides is 1. The lowest BCUT2D eigenvalue weighted by Gasteiger charge is -2.18. The zero-order valence-electron chi connectivity index (χ0n) is 8.90. The van der Waals surface area contributed by atoms with Gasteiger partial charge in [0.25, 0.3) is 5.91 Å². The van der Waals surface area contributed by atoms with Crippen molar-refractivity contribution in [1.82, 2.24) is 16.0 Å². The molecule has 2 rings (SSSR count). The first-order valence-corrected chi connectivity index (χ1v) is 5.29. The van der Waals surface area contributed by atoms with Gasteiger partial charge in [-0.3, -0.25) is 15.2 Å². The van der Waals surface area contributed by atoms with E-state index in [1.165, 1.54) is 0 Å². The van der Waals surface area contributed by atoms with E-state index in [9.17, 15) is 4.79 Å². The van der Waals surface area contributed by atoms with Gasteiger partial charge >= 0.3 is 0 Å². The molecule has 0 bridgehead atoms. The molecule has 6 nitrogen and oxygen atoms in total. The quantitative estimate of drug-likeness (QED) is 0.597. The molecule has 0 atom stereocenters. The van der Waals surface area contributed by atoms with Crippen molar-refractivity contribution in [2.24, 2.45) is 11.5 Å². The number of halogens is 1. The Bertz CT molecular complexity index is 487. The Labute approximate surface area is 103 Å². The lowest BCUT2D eigenvalue weighted by Crippen LogP contribution is -2.39. The highest BCUT2D eigenvalue weighted by Gasteiger charge is 2.23. The molecule has 0 saturated carbocycles. The molecular formula is C10H12ClN5O. The highest BCUT2D eigenvalue weighted by Crippen LogP contribution is 2.18. The number of rotatable bonds is 3. The molecule has 17 heavy (non-hydrogen) atoms. The number of nitrogens with one attached hydrogen (secondary N) is 2. The van der Waals surface area contributed by atoms with Crippen molar-refractivity contribution in [3.63, 3.8) is 0 Å². The van der Waals surface area contributed by atoms with Gasteiger partial charge in [0.1, 0.15) is 5.82 Å². The van der Waals surface area contributed by atoms with Crippen molar-refractivity contribution in [2.75, 3.05) is 0 Å². The van der Waals surface area contributed by atoms with E-state index in [1.54, 1.807) is 11.1 Å². The van der Waals surface area contributed by atoms with Gasteiger partial charge in [-0.05, 0) is 11.6 Å². The second kappa shape index (κ2) is 4.52. The van der Waals surface area contributed by atoms with Gasteiger partial charge in [0, 0.05) is 5.02 Å². The van der Waals surface area contributed by atoms with Crippen LogP contribution >= 0.6 is 11.6 Å². The van der Waals surface area contributed by atoms with Crippen LogP contribution in [0.5, 0.6) is 0 Å². The largest absolute Gasteiger partial charge is 0.382 e. The number of hydrazine groups is 2. The van der Waals surface area contributed by atoms with Crippen LogP contribution in [0.1, 0.15) is 5.56 Å². The Kier molecular flexibility index (Phi) is 3.08. The lowest BCUT2D eigenvalue weighted by molar-refractivity contribution is -0.114.